The Morgan fingerprint density at radius 1 is 0.976 bits per heavy atom. The maximum absolute atomic E-state index is 11.8. The second-order valence-corrected chi connectivity index (χ2v) is 13.0. The van der Waals surface area contributed by atoms with Gasteiger partial charge >= 0.3 is 5.97 Å². The van der Waals surface area contributed by atoms with E-state index in [2.05, 4.69) is 30.0 Å². The third-order valence-electron chi connectivity index (χ3n) is 7.80. The van der Waals surface area contributed by atoms with Crippen LogP contribution in [0.1, 0.15) is 48.8 Å². The smallest absolute Gasteiger partial charge is 0.307 e. The number of methoxy groups -OCH3 is 1. The predicted molar refractivity (Wildman–Crippen MR) is 162 cm³/mol. The summed E-state index contributed by atoms with van der Waals surface area (Å²) in [5, 5.41) is 0. The summed E-state index contributed by atoms with van der Waals surface area (Å²) in [5.41, 5.74) is 5.24. The van der Waals surface area contributed by atoms with Crippen molar-refractivity contribution in [3.8, 4) is 40.2 Å². The van der Waals surface area contributed by atoms with Gasteiger partial charge in [0.15, 0.2) is 0 Å². The van der Waals surface area contributed by atoms with Crippen molar-refractivity contribution in [2.75, 3.05) is 31.8 Å². The zero-order valence-electron chi connectivity index (χ0n) is 24.1. The number of sulfone groups is 1. The first-order valence-corrected chi connectivity index (χ1v) is 16.1. The van der Waals surface area contributed by atoms with Gasteiger partial charge in [-0.25, -0.2) is 8.42 Å². The molecule has 0 aromatic heterocycles. The van der Waals surface area contributed by atoms with E-state index < -0.39 is 9.84 Å². The lowest BCUT2D eigenvalue weighted by Crippen LogP contribution is -2.26. The number of esters is 1. The molecule has 0 N–H and O–H groups in total. The molecule has 3 aromatic rings. The molecule has 1 saturated heterocycles. The maximum atomic E-state index is 11.8. The van der Waals surface area contributed by atoms with Crippen LogP contribution in [0.3, 0.4) is 0 Å². The Morgan fingerprint density at radius 2 is 1.74 bits per heavy atom. The number of hydrogen-bond donors (Lipinski definition) is 0. The summed E-state index contributed by atoms with van der Waals surface area (Å²) in [5.74, 6) is 8.59. The molecule has 2 heterocycles. The van der Waals surface area contributed by atoms with Gasteiger partial charge in [-0.1, -0.05) is 30.2 Å². The van der Waals surface area contributed by atoms with Crippen molar-refractivity contribution in [1.82, 2.24) is 0 Å². The van der Waals surface area contributed by atoms with Crippen molar-refractivity contribution in [3.05, 3.63) is 77.4 Å². The highest BCUT2D eigenvalue weighted by atomic mass is 32.2. The quantitative estimate of drug-likeness (QED) is 0.233. The fraction of sp³-hybridized carbons (Fsp3) is 0.382. The molecule has 0 unspecified atom stereocenters. The lowest BCUT2D eigenvalue weighted by Gasteiger charge is -2.22. The van der Waals surface area contributed by atoms with E-state index in [1.165, 1.54) is 7.11 Å². The molecule has 5 rings (SSSR count). The van der Waals surface area contributed by atoms with Gasteiger partial charge in [0.25, 0.3) is 0 Å². The van der Waals surface area contributed by atoms with Crippen LogP contribution in [-0.2, 0) is 32.4 Å². The van der Waals surface area contributed by atoms with Gasteiger partial charge in [0.05, 0.1) is 44.2 Å². The molecule has 8 heteroatoms. The molecule has 3 aromatic carbocycles. The van der Waals surface area contributed by atoms with E-state index in [1.54, 1.807) is 6.92 Å². The average molecular weight is 589 g/mol. The molecule has 1 atom stereocenters. The molecule has 2 aliphatic heterocycles. The lowest BCUT2D eigenvalue weighted by atomic mass is 9.96. The number of ether oxygens (including phenoxy) is 4. The summed E-state index contributed by atoms with van der Waals surface area (Å²) in [6, 6.07) is 19.9. The van der Waals surface area contributed by atoms with Crippen molar-refractivity contribution in [2.24, 2.45) is 5.92 Å². The van der Waals surface area contributed by atoms with E-state index in [0.29, 0.717) is 32.7 Å². The Kier molecular flexibility index (Phi) is 9.38. The molecule has 0 bridgehead atoms. The van der Waals surface area contributed by atoms with E-state index in [4.69, 9.17) is 18.9 Å². The van der Waals surface area contributed by atoms with Gasteiger partial charge in [-0.3, -0.25) is 4.79 Å². The molecule has 2 aliphatic rings. The monoisotopic (exact) mass is 588 g/mol. The third kappa shape index (κ3) is 7.46. The Bertz CT molecular complexity index is 1570. The van der Waals surface area contributed by atoms with Gasteiger partial charge in [0, 0.05) is 12.0 Å². The van der Waals surface area contributed by atoms with E-state index >= 15 is 0 Å². The largest absolute Gasteiger partial charge is 0.493 e. The van der Waals surface area contributed by atoms with Crippen LogP contribution in [0.2, 0.25) is 0 Å². The molecule has 42 heavy (non-hydrogen) atoms. The minimum Gasteiger partial charge on any atom is -0.493 e. The molecule has 7 nitrogen and oxygen atoms in total. The van der Waals surface area contributed by atoms with Gasteiger partial charge in [-0.05, 0) is 84.3 Å². The van der Waals surface area contributed by atoms with Crippen LogP contribution < -0.4 is 14.2 Å². The van der Waals surface area contributed by atoms with Crippen molar-refractivity contribution < 1.29 is 32.2 Å². The Hall–Kier alpha value is -3.96. The fourth-order valence-electron chi connectivity index (χ4n) is 5.36. The summed E-state index contributed by atoms with van der Waals surface area (Å²) in [4.78, 5) is 11.8. The third-order valence-corrected chi connectivity index (χ3v) is 9.52. The summed E-state index contributed by atoms with van der Waals surface area (Å²) in [6.07, 6.45) is 2.29. The number of fused-ring (bicyclic) bond motifs is 3. The minimum absolute atomic E-state index is 0.205. The van der Waals surface area contributed by atoms with Gasteiger partial charge < -0.3 is 18.9 Å². The number of rotatable bonds is 9. The van der Waals surface area contributed by atoms with Crippen LogP contribution >= 0.6 is 0 Å². The summed E-state index contributed by atoms with van der Waals surface area (Å²) < 4.78 is 46.5. The number of carbonyl (C=O) groups is 1. The lowest BCUT2D eigenvalue weighted by molar-refractivity contribution is -0.140. The molecule has 0 radical (unpaired) electrons. The van der Waals surface area contributed by atoms with Gasteiger partial charge in [-0.15, -0.1) is 5.92 Å². The molecule has 0 aliphatic carbocycles. The second kappa shape index (κ2) is 13.3. The Labute approximate surface area is 248 Å². The standard InChI is InChI=1S/C34H36O7S/c1-3-4-27(21-34(35)38-2)26-6-8-29(9-7-26)40-23-25-5-12-33-32(19-25)31-11-10-30(20-28(31)13-16-39-33)41-22-24-14-17-42(36,37)18-15-24/h5-12,19-20,24,27H,13-18,21-23H2,1-2H3/t27-/m0/s1. The summed E-state index contributed by atoms with van der Waals surface area (Å²) in [7, 11) is -1.49. The maximum Gasteiger partial charge on any atom is 0.307 e. The SMILES string of the molecule is CC#C[C@@H](CC(=O)OC)c1ccc(OCc2ccc3c(c2)-c2ccc(OCC4CCS(=O)(=O)CC4)cc2CCO3)cc1. The molecule has 220 valence electrons. The fourth-order valence-corrected chi connectivity index (χ4v) is 6.95. The van der Waals surface area contributed by atoms with Crippen LogP contribution in [0.25, 0.3) is 11.1 Å². The molecule has 0 spiro atoms. The van der Waals surface area contributed by atoms with E-state index in [1.807, 2.05) is 42.5 Å². The topological polar surface area (TPSA) is 88.1 Å². The summed E-state index contributed by atoms with van der Waals surface area (Å²) in [6.45, 7) is 3.25. The van der Waals surface area contributed by atoms with Crippen molar-refractivity contribution >= 4 is 15.8 Å². The van der Waals surface area contributed by atoms with E-state index in [9.17, 15) is 13.2 Å². The van der Waals surface area contributed by atoms with Gasteiger partial charge in [-0.2, -0.15) is 0 Å². The zero-order chi connectivity index (χ0) is 29.5. The first-order chi connectivity index (χ1) is 20.3. The highest BCUT2D eigenvalue weighted by molar-refractivity contribution is 7.91. The predicted octanol–water partition coefficient (Wildman–Crippen LogP) is 5.74. The highest BCUT2D eigenvalue weighted by Crippen LogP contribution is 2.38. The number of hydrogen-bond acceptors (Lipinski definition) is 7. The van der Waals surface area contributed by atoms with Crippen LogP contribution in [0, 0.1) is 17.8 Å². The molecular weight excluding hydrogens is 552 g/mol. The zero-order valence-corrected chi connectivity index (χ0v) is 24.9. The van der Waals surface area contributed by atoms with Crippen molar-refractivity contribution in [2.45, 2.75) is 45.1 Å². The van der Waals surface area contributed by atoms with Crippen molar-refractivity contribution in [1.29, 1.82) is 0 Å². The first-order valence-electron chi connectivity index (χ1n) is 14.3. The summed E-state index contributed by atoms with van der Waals surface area (Å²) >= 11 is 0. The highest BCUT2D eigenvalue weighted by Gasteiger charge is 2.24. The van der Waals surface area contributed by atoms with Crippen LogP contribution in [0.15, 0.2) is 60.7 Å². The van der Waals surface area contributed by atoms with Crippen molar-refractivity contribution in [3.63, 3.8) is 0 Å². The second-order valence-electron chi connectivity index (χ2n) is 10.7. The average Bonchev–Trinajstić information content (AvgIpc) is 3.18. The van der Waals surface area contributed by atoms with Crippen LogP contribution in [-0.4, -0.2) is 46.2 Å². The Morgan fingerprint density at radius 3 is 2.48 bits per heavy atom. The molecule has 0 saturated carbocycles. The van der Waals surface area contributed by atoms with Gasteiger partial charge in [0.2, 0.25) is 0 Å². The Balaban J connectivity index is 1.24. The molecular formula is C34H36O7S. The first kappa shape index (κ1) is 29.5. The number of benzene rings is 3. The van der Waals surface area contributed by atoms with E-state index in [0.717, 1.165) is 51.5 Å². The van der Waals surface area contributed by atoms with Gasteiger partial charge in [0.1, 0.15) is 33.7 Å². The molecule has 0 amide bonds. The van der Waals surface area contributed by atoms with E-state index in [-0.39, 0.29) is 35.7 Å². The van der Waals surface area contributed by atoms with Crippen LogP contribution in [0.5, 0.6) is 17.2 Å². The molecule has 1 fully saturated rings. The number of carbonyl (C=O) groups excluding carboxylic acids is 1. The minimum atomic E-state index is -2.88. The van der Waals surface area contributed by atoms with Crippen LogP contribution in [0.4, 0.5) is 0 Å². The normalized spacial score (nSPS) is 16.3.